The van der Waals surface area contributed by atoms with Gasteiger partial charge in [-0.3, -0.25) is 14.4 Å². The molecule has 17 heavy (non-hydrogen) atoms. The SMILES string of the molecule is CC(=O)NC1=CC(=O)c2ccc(C)cc2C1=O. The summed E-state index contributed by atoms with van der Waals surface area (Å²) in [7, 11) is 0. The first-order valence-corrected chi connectivity index (χ1v) is 5.18. The highest BCUT2D eigenvalue weighted by molar-refractivity contribution is 6.25. The van der Waals surface area contributed by atoms with Gasteiger partial charge in [0.2, 0.25) is 11.7 Å². The number of aryl methyl sites for hydroxylation is 1. The zero-order valence-corrected chi connectivity index (χ0v) is 9.53. The lowest BCUT2D eigenvalue weighted by Crippen LogP contribution is -2.29. The van der Waals surface area contributed by atoms with Gasteiger partial charge in [-0.05, 0) is 13.0 Å². The predicted octanol–water partition coefficient (Wildman–Crippen LogP) is 1.39. The summed E-state index contributed by atoms with van der Waals surface area (Å²) in [6, 6.07) is 5.07. The molecule has 1 N–H and O–H groups in total. The summed E-state index contributed by atoms with van der Waals surface area (Å²) >= 11 is 0. The molecule has 0 saturated heterocycles. The van der Waals surface area contributed by atoms with Crippen LogP contribution in [-0.4, -0.2) is 17.5 Å². The Morgan fingerprint density at radius 3 is 2.53 bits per heavy atom. The van der Waals surface area contributed by atoms with Gasteiger partial charge in [0.05, 0.1) is 5.70 Å². The molecule has 1 aromatic rings. The number of Topliss-reactive ketones (excluding diaryl/α,β-unsaturated/α-hetero) is 1. The van der Waals surface area contributed by atoms with Gasteiger partial charge in [-0.15, -0.1) is 0 Å². The van der Waals surface area contributed by atoms with E-state index in [0.29, 0.717) is 11.1 Å². The van der Waals surface area contributed by atoms with Gasteiger partial charge in [0.15, 0.2) is 5.78 Å². The second-order valence-electron chi connectivity index (χ2n) is 3.98. The van der Waals surface area contributed by atoms with Crippen molar-refractivity contribution in [3.63, 3.8) is 0 Å². The molecule has 0 radical (unpaired) electrons. The molecule has 1 aliphatic carbocycles. The van der Waals surface area contributed by atoms with Gasteiger partial charge in [-0.2, -0.15) is 0 Å². The van der Waals surface area contributed by atoms with Gasteiger partial charge >= 0.3 is 0 Å². The van der Waals surface area contributed by atoms with E-state index >= 15 is 0 Å². The zero-order chi connectivity index (χ0) is 12.6. The fraction of sp³-hybridized carbons (Fsp3) is 0.154. The fourth-order valence-corrected chi connectivity index (χ4v) is 1.76. The molecule has 1 amide bonds. The summed E-state index contributed by atoms with van der Waals surface area (Å²) in [6.07, 6.45) is 1.17. The molecule has 0 unspecified atom stereocenters. The largest absolute Gasteiger partial charge is 0.323 e. The fourth-order valence-electron chi connectivity index (χ4n) is 1.76. The average molecular weight is 229 g/mol. The van der Waals surface area contributed by atoms with Crippen LogP contribution in [0.5, 0.6) is 0 Å². The van der Waals surface area contributed by atoms with Crippen molar-refractivity contribution < 1.29 is 14.4 Å². The van der Waals surface area contributed by atoms with E-state index in [2.05, 4.69) is 5.32 Å². The number of amides is 1. The lowest BCUT2D eigenvalue weighted by molar-refractivity contribution is -0.118. The van der Waals surface area contributed by atoms with Gasteiger partial charge in [0.25, 0.3) is 0 Å². The number of rotatable bonds is 1. The van der Waals surface area contributed by atoms with Gasteiger partial charge in [-0.25, -0.2) is 0 Å². The third-order valence-corrected chi connectivity index (χ3v) is 2.52. The van der Waals surface area contributed by atoms with E-state index in [1.807, 2.05) is 6.92 Å². The maximum absolute atomic E-state index is 12.0. The van der Waals surface area contributed by atoms with Crippen LogP contribution in [0.25, 0.3) is 0 Å². The van der Waals surface area contributed by atoms with Gasteiger partial charge in [0, 0.05) is 24.1 Å². The third kappa shape index (κ3) is 2.01. The predicted molar refractivity (Wildman–Crippen MR) is 61.7 cm³/mol. The summed E-state index contributed by atoms with van der Waals surface area (Å²) in [5.41, 5.74) is 1.67. The quantitative estimate of drug-likeness (QED) is 0.791. The van der Waals surface area contributed by atoms with Crippen LogP contribution in [0, 0.1) is 6.92 Å². The average Bonchev–Trinajstić information content (AvgIpc) is 2.24. The lowest BCUT2D eigenvalue weighted by Gasteiger charge is -2.15. The molecule has 1 aliphatic rings. The Morgan fingerprint density at radius 2 is 1.88 bits per heavy atom. The molecular weight excluding hydrogens is 218 g/mol. The number of allylic oxidation sites excluding steroid dienone is 2. The van der Waals surface area contributed by atoms with E-state index in [1.165, 1.54) is 13.0 Å². The number of ketones is 2. The van der Waals surface area contributed by atoms with Crippen LogP contribution in [0.1, 0.15) is 33.2 Å². The third-order valence-electron chi connectivity index (χ3n) is 2.52. The molecular formula is C13H11NO3. The molecule has 0 fully saturated rings. The van der Waals surface area contributed by atoms with Gasteiger partial charge < -0.3 is 5.32 Å². The van der Waals surface area contributed by atoms with Crippen molar-refractivity contribution in [3.05, 3.63) is 46.7 Å². The van der Waals surface area contributed by atoms with E-state index in [1.54, 1.807) is 18.2 Å². The van der Waals surface area contributed by atoms with Crippen LogP contribution in [-0.2, 0) is 4.79 Å². The maximum Gasteiger partial charge on any atom is 0.221 e. The Morgan fingerprint density at radius 1 is 1.18 bits per heavy atom. The summed E-state index contributed by atoms with van der Waals surface area (Å²) in [5.74, 6) is -0.949. The summed E-state index contributed by atoms with van der Waals surface area (Å²) in [6.45, 7) is 3.14. The van der Waals surface area contributed by atoms with Crippen LogP contribution in [0.15, 0.2) is 30.0 Å². The van der Waals surface area contributed by atoms with Crippen molar-refractivity contribution in [2.45, 2.75) is 13.8 Å². The minimum absolute atomic E-state index is 0.0422. The molecule has 0 aromatic heterocycles. The van der Waals surface area contributed by atoms with Gasteiger partial charge in [0.1, 0.15) is 0 Å². The smallest absolute Gasteiger partial charge is 0.221 e. The minimum Gasteiger partial charge on any atom is -0.323 e. The molecule has 86 valence electrons. The first-order chi connectivity index (χ1) is 7.99. The Kier molecular flexibility index (Phi) is 2.63. The van der Waals surface area contributed by atoms with Crippen LogP contribution in [0.4, 0.5) is 0 Å². The first kappa shape index (κ1) is 11.3. The Hall–Kier alpha value is -2.23. The normalized spacial score (nSPS) is 14.1. The summed E-state index contributed by atoms with van der Waals surface area (Å²) < 4.78 is 0. The molecule has 0 heterocycles. The number of carbonyl (C=O) groups is 3. The number of nitrogens with one attached hydrogen (secondary N) is 1. The second kappa shape index (κ2) is 3.97. The standard InChI is InChI=1S/C13H11NO3/c1-7-3-4-9-10(5-7)13(17)11(6-12(9)16)14-8(2)15/h3-6H,1-2H3,(H,14,15). The highest BCUT2D eigenvalue weighted by Crippen LogP contribution is 2.21. The molecule has 0 spiro atoms. The molecule has 4 nitrogen and oxygen atoms in total. The molecule has 2 rings (SSSR count). The Bertz CT molecular complexity index is 570. The number of fused-ring (bicyclic) bond motifs is 1. The monoisotopic (exact) mass is 229 g/mol. The highest BCUT2D eigenvalue weighted by atomic mass is 16.2. The van der Waals surface area contributed by atoms with E-state index in [-0.39, 0.29) is 23.2 Å². The summed E-state index contributed by atoms with van der Waals surface area (Å²) in [4.78, 5) is 34.7. The van der Waals surface area contributed by atoms with E-state index in [9.17, 15) is 14.4 Å². The maximum atomic E-state index is 12.0. The van der Waals surface area contributed by atoms with Crippen LogP contribution in [0.3, 0.4) is 0 Å². The molecule has 0 atom stereocenters. The topological polar surface area (TPSA) is 63.2 Å². The van der Waals surface area contributed by atoms with Crippen LogP contribution < -0.4 is 5.32 Å². The second-order valence-corrected chi connectivity index (χ2v) is 3.98. The Labute approximate surface area is 98.3 Å². The van der Waals surface area contributed by atoms with Crippen LogP contribution in [0.2, 0.25) is 0 Å². The molecule has 1 aromatic carbocycles. The number of hydrogen-bond acceptors (Lipinski definition) is 3. The minimum atomic E-state index is -0.367. The molecule has 4 heteroatoms. The van der Waals surface area contributed by atoms with E-state index < -0.39 is 0 Å². The first-order valence-electron chi connectivity index (χ1n) is 5.18. The Balaban J connectivity index is 2.50. The van der Waals surface area contributed by atoms with Crippen molar-refractivity contribution in [3.8, 4) is 0 Å². The van der Waals surface area contributed by atoms with Crippen molar-refractivity contribution in [1.82, 2.24) is 5.32 Å². The molecule has 0 bridgehead atoms. The van der Waals surface area contributed by atoms with Crippen molar-refractivity contribution in [2.24, 2.45) is 0 Å². The van der Waals surface area contributed by atoms with E-state index in [0.717, 1.165) is 5.56 Å². The zero-order valence-electron chi connectivity index (χ0n) is 9.53. The number of benzene rings is 1. The van der Waals surface area contributed by atoms with Crippen molar-refractivity contribution in [1.29, 1.82) is 0 Å². The molecule has 0 aliphatic heterocycles. The van der Waals surface area contributed by atoms with Gasteiger partial charge in [-0.1, -0.05) is 17.7 Å². The lowest BCUT2D eigenvalue weighted by atomic mass is 9.91. The molecule has 0 saturated carbocycles. The number of carbonyl (C=O) groups excluding carboxylic acids is 3. The van der Waals surface area contributed by atoms with Crippen molar-refractivity contribution in [2.75, 3.05) is 0 Å². The summed E-state index contributed by atoms with van der Waals surface area (Å²) in [5, 5.41) is 2.37. The number of hydrogen-bond donors (Lipinski definition) is 1. The highest BCUT2D eigenvalue weighted by Gasteiger charge is 2.25. The van der Waals surface area contributed by atoms with E-state index in [4.69, 9.17) is 0 Å². The van der Waals surface area contributed by atoms with Crippen molar-refractivity contribution >= 4 is 17.5 Å². The van der Waals surface area contributed by atoms with Crippen LogP contribution >= 0.6 is 0 Å².